The molecule has 1 nitrogen and oxygen atoms in total. The summed E-state index contributed by atoms with van der Waals surface area (Å²) >= 11 is 1.83. The zero-order chi connectivity index (χ0) is 10.7. The Hall–Kier alpha value is -1.28. The van der Waals surface area contributed by atoms with Crippen LogP contribution in [0.25, 0.3) is 10.4 Å². The average molecular weight is 218 g/mol. The van der Waals surface area contributed by atoms with Gasteiger partial charge in [0.05, 0.1) is 0 Å². The number of thiophene rings is 1. The minimum atomic E-state index is 0.323. The van der Waals surface area contributed by atoms with Gasteiger partial charge in [-0.05, 0) is 48.4 Å². The molecule has 0 unspecified atom stereocenters. The highest BCUT2D eigenvalue weighted by atomic mass is 32.1. The monoisotopic (exact) mass is 218 g/mol. The second kappa shape index (κ2) is 4.49. The number of benzene rings is 1. The number of phenols is 1. The Morgan fingerprint density at radius 1 is 1.07 bits per heavy atom. The summed E-state index contributed by atoms with van der Waals surface area (Å²) in [6, 6.07) is 11.7. The minimum absolute atomic E-state index is 0.323. The number of rotatable bonds is 3. The molecule has 2 heteroatoms. The smallest absolute Gasteiger partial charge is 0.115 e. The highest BCUT2D eigenvalue weighted by molar-refractivity contribution is 7.15. The van der Waals surface area contributed by atoms with Crippen LogP contribution in [0.3, 0.4) is 0 Å². The summed E-state index contributed by atoms with van der Waals surface area (Å²) in [6.45, 7) is 2.19. The lowest BCUT2D eigenvalue weighted by atomic mass is 10.2. The van der Waals surface area contributed by atoms with Crippen LogP contribution in [0.5, 0.6) is 5.75 Å². The van der Waals surface area contributed by atoms with Gasteiger partial charge in [0.25, 0.3) is 0 Å². The third-order valence-electron chi connectivity index (χ3n) is 2.31. The second-order valence-electron chi connectivity index (χ2n) is 3.56. The van der Waals surface area contributed by atoms with Gasteiger partial charge in [-0.3, -0.25) is 0 Å². The van der Waals surface area contributed by atoms with E-state index in [9.17, 15) is 5.11 Å². The quantitative estimate of drug-likeness (QED) is 0.823. The standard InChI is InChI=1S/C13H14OS/c1-2-3-12-8-9-13(15-12)10-4-6-11(14)7-5-10/h4-9,14H,2-3H2,1H3. The summed E-state index contributed by atoms with van der Waals surface area (Å²) < 4.78 is 0. The fourth-order valence-electron chi connectivity index (χ4n) is 1.54. The van der Waals surface area contributed by atoms with Crippen molar-refractivity contribution in [1.82, 2.24) is 0 Å². The first-order valence-electron chi connectivity index (χ1n) is 5.17. The SMILES string of the molecule is CCCc1ccc(-c2ccc(O)cc2)s1. The molecule has 0 bridgehead atoms. The molecule has 0 radical (unpaired) electrons. The molecule has 1 N–H and O–H groups in total. The maximum absolute atomic E-state index is 9.20. The van der Waals surface area contributed by atoms with Crippen molar-refractivity contribution in [2.75, 3.05) is 0 Å². The van der Waals surface area contributed by atoms with Gasteiger partial charge in [-0.1, -0.05) is 13.3 Å². The van der Waals surface area contributed by atoms with Crippen LogP contribution in [-0.4, -0.2) is 5.11 Å². The molecule has 0 aliphatic rings. The fourth-order valence-corrected chi connectivity index (χ4v) is 2.65. The maximum atomic E-state index is 9.20. The van der Waals surface area contributed by atoms with E-state index in [0.29, 0.717) is 5.75 Å². The average Bonchev–Trinajstić information content (AvgIpc) is 2.68. The summed E-state index contributed by atoms with van der Waals surface area (Å²) in [4.78, 5) is 2.71. The molecule has 0 fully saturated rings. The van der Waals surface area contributed by atoms with Crippen LogP contribution in [0.2, 0.25) is 0 Å². The molecule has 0 saturated carbocycles. The molecule has 0 aliphatic carbocycles. The molecule has 1 aromatic heterocycles. The van der Waals surface area contributed by atoms with Crippen LogP contribution in [0.4, 0.5) is 0 Å². The van der Waals surface area contributed by atoms with E-state index in [1.807, 2.05) is 23.5 Å². The van der Waals surface area contributed by atoms with Crippen molar-refractivity contribution < 1.29 is 5.11 Å². The molecule has 2 aromatic rings. The second-order valence-corrected chi connectivity index (χ2v) is 4.73. The zero-order valence-corrected chi connectivity index (χ0v) is 9.55. The van der Waals surface area contributed by atoms with E-state index in [2.05, 4.69) is 19.1 Å². The summed E-state index contributed by atoms with van der Waals surface area (Å²) in [5, 5.41) is 9.20. The summed E-state index contributed by atoms with van der Waals surface area (Å²) in [7, 11) is 0. The molecule has 1 heterocycles. The third-order valence-corrected chi connectivity index (χ3v) is 3.50. The molecule has 0 amide bonds. The van der Waals surface area contributed by atoms with Crippen LogP contribution in [0, 0.1) is 0 Å². The van der Waals surface area contributed by atoms with E-state index in [1.54, 1.807) is 12.1 Å². The molecular weight excluding hydrogens is 204 g/mol. The number of aromatic hydroxyl groups is 1. The van der Waals surface area contributed by atoms with Gasteiger partial charge in [-0.25, -0.2) is 0 Å². The molecule has 2 rings (SSSR count). The van der Waals surface area contributed by atoms with Gasteiger partial charge < -0.3 is 5.11 Å². The normalized spacial score (nSPS) is 10.5. The lowest BCUT2D eigenvalue weighted by molar-refractivity contribution is 0.475. The first kappa shape index (κ1) is 10.2. The fraction of sp³-hybridized carbons (Fsp3) is 0.231. The van der Waals surface area contributed by atoms with Crippen molar-refractivity contribution in [2.45, 2.75) is 19.8 Å². The predicted molar refractivity (Wildman–Crippen MR) is 65.4 cm³/mol. The van der Waals surface area contributed by atoms with Crippen LogP contribution in [-0.2, 0) is 6.42 Å². The van der Waals surface area contributed by atoms with Crippen LogP contribution in [0.15, 0.2) is 36.4 Å². The molecular formula is C13H14OS. The Morgan fingerprint density at radius 2 is 1.80 bits per heavy atom. The van der Waals surface area contributed by atoms with E-state index in [-0.39, 0.29) is 0 Å². The van der Waals surface area contributed by atoms with Crippen molar-refractivity contribution in [2.24, 2.45) is 0 Å². The first-order chi connectivity index (χ1) is 7.29. The lowest BCUT2D eigenvalue weighted by Crippen LogP contribution is -1.72. The maximum Gasteiger partial charge on any atom is 0.115 e. The van der Waals surface area contributed by atoms with Gasteiger partial charge in [0.2, 0.25) is 0 Å². The third kappa shape index (κ3) is 2.39. The van der Waals surface area contributed by atoms with E-state index in [1.165, 1.54) is 21.7 Å². The Kier molecular flexibility index (Phi) is 3.07. The number of aryl methyl sites for hydroxylation is 1. The number of phenolic OH excluding ortho intramolecular Hbond substituents is 1. The van der Waals surface area contributed by atoms with Crippen molar-refractivity contribution >= 4 is 11.3 Å². The van der Waals surface area contributed by atoms with Gasteiger partial charge in [0.15, 0.2) is 0 Å². The topological polar surface area (TPSA) is 20.2 Å². The lowest BCUT2D eigenvalue weighted by Gasteiger charge is -1.97. The Labute approximate surface area is 94.0 Å². The van der Waals surface area contributed by atoms with E-state index in [0.717, 1.165) is 6.42 Å². The molecule has 15 heavy (non-hydrogen) atoms. The van der Waals surface area contributed by atoms with E-state index >= 15 is 0 Å². The number of hydrogen-bond donors (Lipinski definition) is 1. The molecule has 0 atom stereocenters. The summed E-state index contributed by atoms with van der Waals surface area (Å²) in [6.07, 6.45) is 2.35. The summed E-state index contributed by atoms with van der Waals surface area (Å²) in [5.41, 5.74) is 1.18. The highest BCUT2D eigenvalue weighted by Gasteiger charge is 2.02. The Balaban J connectivity index is 2.25. The minimum Gasteiger partial charge on any atom is -0.508 e. The van der Waals surface area contributed by atoms with E-state index in [4.69, 9.17) is 0 Å². The number of hydrogen-bond acceptors (Lipinski definition) is 2. The van der Waals surface area contributed by atoms with Crippen LogP contribution >= 0.6 is 11.3 Å². The van der Waals surface area contributed by atoms with Gasteiger partial charge in [0.1, 0.15) is 5.75 Å². The first-order valence-corrected chi connectivity index (χ1v) is 5.99. The van der Waals surface area contributed by atoms with Crippen molar-refractivity contribution in [3.63, 3.8) is 0 Å². The Bertz CT molecular complexity index is 428. The highest BCUT2D eigenvalue weighted by Crippen LogP contribution is 2.29. The van der Waals surface area contributed by atoms with Gasteiger partial charge in [-0.15, -0.1) is 11.3 Å². The molecule has 0 saturated heterocycles. The van der Waals surface area contributed by atoms with Crippen LogP contribution < -0.4 is 0 Å². The van der Waals surface area contributed by atoms with Crippen molar-refractivity contribution in [3.8, 4) is 16.2 Å². The molecule has 0 aliphatic heterocycles. The van der Waals surface area contributed by atoms with Gasteiger partial charge in [0, 0.05) is 9.75 Å². The van der Waals surface area contributed by atoms with Crippen molar-refractivity contribution in [3.05, 3.63) is 41.3 Å². The Morgan fingerprint density at radius 3 is 2.47 bits per heavy atom. The largest absolute Gasteiger partial charge is 0.508 e. The zero-order valence-electron chi connectivity index (χ0n) is 8.73. The van der Waals surface area contributed by atoms with Crippen molar-refractivity contribution in [1.29, 1.82) is 0 Å². The molecule has 78 valence electrons. The van der Waals surface area contributed by atoms with Gasteiger partial charge in [-0.2, -0.15) is 0 Å². The predicted octanol–water partition coefficient (Wildman–Crippen LogP) is 4.07. The summed E-state index contributed by atoms with van der Waals surface area (Å²) in [5.74, 6) is 0.323. The van der Waals surface area contributed by atoms with E-state index < -0.39 is 0 Å². The molecule has 1 aromatic carbocycles. The van der Waals surface area contributed by atoms with Gasteiger partial charge >= 0.3 is 0 Å². The molecule has 0 spiro atoms. The van der Waals surface area contributed by atoms with Crippen LogP contribution in [0.1, 0.15) is 18.2 Å².